The maximum absolute atomic E-state index is 8.65. The molecule has 0 radical (unpaired) electrons. The first kappa shape index (κ1) is 10.6. The molecule has 0 aliphatic heterocycles. The van der Waals surface area contributed by atoms with Crippen LogP contribution in [0.2, 0.25) is 0 Å². The number of nitrogens with two attached hydrogens (primary N) is 1. The Morgan fingerprint density at radius 3 is 2.71 bits per heavy atom. The van der Waals surface area contributed by atoms with Crippen molar-refractivity contribution in [2.45, 2.75) is 26.0 Å². The van der Waals surface area contributed by atoms with E-state index in [1.54, 1.807) is 6.07 Å². The summed E-state index contributed by atoms with van der Waals surface area (Å²) in [6.45, 7) is 3.91. The van der Waals surface area contributed by atoms with E-state index in [0.29, 0.717) is 0 Å². The van der Waals surface area contributed by atoms with Gasteiger partial charge < -0.3 is 10.5 Å². The fourth-order valence-corrected chi connectivity index (χ4v) is 1.13. The van der Waals surface area contributed by atoms with Crippen LogP contribution in [0.15, 0.2) is 24.3 Å². The summed E-state index contributed by atoms with van der Waals surface area (Å²) in [5.74, 6) is 0.753. The van der Waals surface area contributed by atoms with Gasteiger partial charge >= 0.3 is 0 Å². The van der Waals surface area contributed by atoms with Gasteiger partial charge in [-0.2, -0.15) is 5.26 Å². The first-order chi connectivity index (χ1) is 6.63. The van der Waals surface area contributed by atoms with E-state index in [1.165, 1.54) is 0 Å². The van der Waals surface area contributed by atoms with Crippen molar-refractivity contribution in [3.8, 4) is 11.8 Å². The van der Waals surface area contributed by atoms with Gasteiger partial charge in [0.2, 0.25) is 0 Å². The lowest BCUT2D eigenvalue weighted by Crippen LogP contribution is -2.09. The van der Waals surface area contributed by atoms with Crippen LogP contribution >= 0.6 is 0 Å². The molecule has 0 aromatic heterocycles. The van der Waals surface area contributed by atoms with Crippen LogP contribution < -0.4 is 10.5 Å². The van der Waals surface area contributed by atoms with Crippen molar-refractivity contribution in [3.63, 3.8) is 0 Å². The maximum atomic E-state index is 8.65. The quantitative estimate of drug-likeness (QED) is 0.793. The Balaban J connectivity index is 2.85. The van der Waals surface area contributed by atoms with Crippen LogP contribution in [0.1, 0.15) is 25.5 Å². The number of rotatable bonds is 3. The van der Waals surface area contributed by atoms with Gasteiger partial charge in [-0.3, -0.25) is 0 Å². The molecule has 1 unspecified atom stereocenters. The van der Waals surface area contributed by atoms with E-state index in [2.05, 4.69) is 0 Å². The molecule has 3 heteroatoms. The standard InChI is InChI=1S/C11H14N2O/c1-8(2)14-10-5-3-4-9(6-10)11(13)7-12/h3-6,8,11H,13H2,1-2H3. The van der Waals surface area contributed by atoms with Gasteiger partial charge in [0.1, 0.15) is 11.8 Å². The Kier molecular flexibility index (Phi) is 3.49. The minimum absolute atomic E-state index is 0.128. The number of hydrogen-bond donors (Lipinski definition) is 1. The van der Waals surface area contributed by atoms with Gasteiger partial charge in [-0.15, -0.1) is 0 Å². The molecule has 0 spiro atoms. The average Bonchev–Trinajstić information content (AvgIpc) is 2.16. The van der Waals surface area contributed by atoms with Crippen molar-refractivity contribution in [3.05, 3.63) is 29.8 Å². The Morgan fingerprint density at radius 2 is 2.14 bits per heavy atom. The highest BCUT2D eigenvalue weighted by molar-refractivity contribution is 5.32. The molecule has 0 amide bonds. The van der Waals surface area contributed by atoms with Gasteiger partial charge in [0.25, 0.3) is 0 Å². The zero-order valence-corrected chi connectivity index (χ0v) is 8.40. The molecule has 2 N–H and O–H groups in total. The normalized spacial score (nSPS) is 12.2. The third kappa shape index (κ3) is 2.75. The van der Waals surface area contributed by atoms with E-state index in [1.807, 2.05) is 38.1 Å². The first-order valence-corrected chi connectivity index (χ1v) is 4.55. The highest BCUT2D eigenvalue weighted by atomic mass is 16.5. The van der Waals surface area contributed by atoms with Gasteiger partial charge in [0, 0.05) is 0 Å². The second-order valence-corrected chi connectivity index (χ2v) is 3.35. The van der Waals surface area contributed by atoms with Crippen molar-refractivity contribution in [1.29, 1.82) is 5.26 Å². The fourth-order valence-electron chi connectivity index (χ4n) is 1.13. The van der Waals surface area contributed by atoms with Crippen molar-refractivity contribution < 1.29 is 4.74 Å². The van der Waals surface area contributed by atoms with Crippen molar-refractivity contribution in [1.82, 2.24) is 0 Å². The molecule has 1 aromatic carbocycles. The molecule has 1 rings (SSSR count). The molecular formula is C11H14N2O. The molecule has 14 heavy (non-hydrogen) atoms. The van der Waals surface area contributed by atoms with Gasteiger partial charge in [-0.05, 0) is 31.5 Å². The lowest BCUT2D eigenvalue weighted by Gasteiger charge is -2.11. The summed E-state index contributed by atoms with van der Waals surface area (Å²) in [5, 5.41) is 8.65. The zero-order valence-electron chi connectivity index (χ0n) is 8.40. The molecule has 0 bridgehead atoms. The van der Waals surface area contributed by atoms with E-state index in [9.17, 15) is 0 Å². The van der Waals surface area contributed by atoms with Crippen LogP contribution in [0.4, 0.5) is 0 Å². The molecule has 74 valence electrons. The Labute approximate surface area is 84.1 Å². The highest BCUT2D eigenvalue weighted by Crippen LogP contribution is 2.18. The number of nitriles is 1. The van der Waals surface area contributed by atoms with Crippen LogP contribution in [-0.4, -0.2) is 6.10 Å². The average molecular weight is 190 g/mol. The van der Waals surface area contributed by atoms with Crippen molar-refractivity contribution in [2.24, 2.45) is 5.73 Å². The zero-order chi connectivity index (χ0) is 10.6. The first-order valence-electron chi connectivity index (χ1n) is 4.55. The number of ether oxygens (including phenoxy) is 1. The molecule has 0 aliphatic rings. The lowest BCUT2D eigenvalue weighted by molar-refractivity contribution is 0.242. The summed E-state index contributed by atoms with van der Waals surface area (Å²) >= 11 is 0. The molecule has 1 aromatic rings. The van der Waals surface area contributed by atoms with Crippen LogP contribution in [0.5, 0.6) is 5.75 Å². The van der Waals surface area contributed by atoms with Crippen LogP contribution in [-0.2, 0) is 0 Å². The highest BCUT2D eigenvalue weighted by Gasteiger charge is 2.05. The van der Waals surface area contributed by atoms with Gasteiger partial charge in [-0.1, -0.05) is 12.1 Å². The summed E-state index contributed by atoms with van der Waals surface area (Å²) in [6.07, 6.45) is 0.128. The SMILES string of the molecule is CC(C)Oc1cccc(C(N)C#N)c1. The van der Waals surface area contributed by atoms with E-state index >= 15 is 0 Å². The summed E-state index contributed by atoms with van der Waals surface area (Å²) < 4.78 is 5.48. The Hall–Kier alpha value is -1.53. The lowest BCUT2D eigenvalue weighted by atomic mass is 10.1. The topological polar surface area (TPSA) is 59.0 Å². The monoisotopic (exact) mass is 190 g/mol. The molecule has 1 atom stereocenters. The van der Waals surface area contributed by atoms with Crippen LogP contribution in [0, 0.1) is 11.3 Å². The summed E-state index contributed by atoms with van der Waals surface area (Å²) in [7, 11) is 0. The number of nitrogens with zero attached hydrogens (tertiary/aromatic N) is 1. The minimum Gasteiger partial charge on any atom is -0.491 e. The third-order valence-corrected chi connectivity index (χ3v) is 1.73. The summed E-state index contributed by atoms with van der Waals surface area (Å²) in [4.78, 5) is 0. The van der Waals surface area contributed by atoms with Crippen molar-refractivity contribution >= 4 is 0 Å². The molecular weight excluding hydrogens is 176 g/mol. The predicted octanol–water partition coefficient (Wildman–Crippen LogP) is 2.00. The summed E-state index contributed by atoms with van der Waals surface area (Å²) in [6, 6.07) is 8.72. The summed E-state index contributed by atoms with van der Waals surface area (Å²) in [5.41, 5.74) is 6.36. The van der Waals surface area contributed by atoms with Crippen LogP contribution in [0.25, 0.3) is 0 Å². The number of hydrogen-bond acceptors (Lipinski definition) is 3. The van der Waals surface area contributed by atoms with E-state index in [4.69, 9.17) is 15.7 Å². The molecule has 0 saturated heterocycles. The predicted molar refractivity (Wildman–Crippen MR) is 54.7 cm³/mol. The number of benzene rings is 1. The molecule has 0 aliphatic carbocycles. The molecule has 3 nitrogen and oxygen atoms in total. The van der Waals surface area contributed by atoms with Crippen molar-refractivity contribution in [2.75, 3.05) is 0 Å². The largest absolute Gasteiger partial charge is 0.491 e. The molecule has 0 fully saturated rings. The van der Waals surface area contributed by atoms with E-state index in [0.717, 1.165) is 11.3 Å². The Bertz CT molecular complexity index is 341. The van der Waals surface area contributed by atoms with Gasteiger partial charge in [0.05, 0.1) is 12.2 Å². The van der Waals surface area contributed by atoms with E-state index < -0.39 is 6.04 Å². The van der Waals surface area contributed by atoms with Crippen LogP contribution in [0.3, 0.4) is 0 Å². The Morgan fingerprint density at radius 1 is 1.43 bits per heavy atom. The third-order valence-electron chi connectivity index (χ3n) is 1.73. The molecule has 0 saturated carbocycles. The second kappa shape index (κ2) is 4.64. The van der Waals surface area contributed by atoms with Gasteiger partial charge in [-0.25, -0.2) is 0 Å². The smallest absolute Gasteiger partial charge is 0.120 e. The van der Waals surface area contributed by atoms with Gasteiger partial charge in [0.15, 0.2) is 0 Å². The second-order valence-electron chi connectivity index (χ2n) is 3.35. The van der Waals surface area contributed by atoms with E-state index in [-0.39, 0.29) is 6.10 Å². The fraction of sp³-hybridized carbons (Fsp3) is 0.364. The molecule has 0 heterocycles. The maximum Gasteiger partial charge on any atom is 0.120 e. The minimum atomic E-state index is -0.578.